The van der Waals surface area contributed by atoms with E-state index in [-0.39, 0.29) is 12.1 Å². The summed E-state index contributed by atoms with van der Waals surface area (Å²) in [6.07, 6.45) is 2.34. The topological polar surface area (TPSA) is 38.7 Å². The van der Waals surface area contributed by atoms with Gasteiger partial charge in [0.15, 0.2) is 0 Å². The Labute approximate surface area is 106 Å². The molecule has 1 rings (SSSR count). The van der Waals surface area contributed by atoms with Gasteiger partial charge in [0, 0.05) is 19.6 Å². The maximum atomic E-state index is 9.57. The van der Waals surface area contributed by atoms with E-state index in [4.69, 9.17) is 0 Å². The monoisotopic (exact) mass is 243 g/mol. The minimum atomic E-state index is -0.154. The smallest absolute Gasteiger partial charge is 0.0623 e. The van der Waals surface area contributed by atoms with Gasteiger partial charge in [-0.1, -0.05) is 6.92 Å². The van der Waals surface area contributed by atoms with E-state index >= 15 is 0 Å². The van der Waals surface area contributed by atoms with Gasteiger partial charge in [0.05, 0.1) is 12.1 Å². The maximum absolute atomic E-state index is 9.57. The van der Waals surface area contributed by atoms with Gasteiger partial charge in [-0.3, -0.25) is 0 Å². The van der Waals surface area contributed by atoms with Gasteiger partial charge in [0.1, 0.15) is 0 Å². The van der Waals surface area contributed by atoms with Crippen molar-refractivity contribution >= 4 is 0 Å². The van der Waals surface area contributed by atoms with Crippen LogP contribution < -0.4 is 5.32 Å². The summed E-state index contributed by atoms with van der Waals surface area (Å²) in [6.45, 7) is 11.0. The van der Waals surface area contributed by atoms with Crippen LogP contribution in [0.15, 0.2) is 0 Å². The lowest BCUT2D eigenvalue weighted by molar-refractivity contribution is 0.122. The van der Waals surface area contributed by atoms with E-state index in [1.165, 1.54) is 13.0 Å². The van der Waals surface area contributed by atoms with Crippen LogP contribution in [0.1, 0.15) is 26.7 Å². The highest BCUT2D eigenvalue weighted by atomic mass is 16.3. The van der Waals surface area contributed by atoms with E-state index in [2.05, 4.69) is 36.0 Å². The molecule has 2 N–H and O–H groups in total. The average molecular weight is 243 g/mol. The molecule has 0 radical (unpaired) electrons. The number of hydrogen-bond acceptors (Lipinski definition) is 4. The van der Waals surface area contributed by atoms with Crippen molar-refractivity contribution in [2.45, 2.75) is 32.2 Å². The normalized spacial score (nSPS) is 23.3. The summed E-state index contributed by atoms with van der Waals surface area (Å²) in [4.78, 5) is 4.86. The van der Waals surface area contributed by atoms with Crippen molar-refractivity contribution in [2.24, 2.45) is 0 Å². The first-order valence-corrected chi connectivity index (χ1v) is 6.86. The third-order valence-electron chi connectivity index (χ3n) is 3.54. The number of nitrogens with one attached hydrogen (secondary N) is 1. The predicted octanol–water partition coefficient (Wildman–Crippen LogP) is 0.375. The third kappa shape index (κ3) is 5.34. The molecule has 1 aliphatic heterocycles. The van der Waals surface area contributed by atoms with Crippen molar-refractivity contribution < 1.29 is 5.11 Å². The molecule has 0 amide bonds. The second kappa shape index (κ2) is 7.31. The molecule has 1 heterocycles. The summed E-state index contributed by atoms with van der Waals surface area (Å²) < 4.78 is 0. The van der Waals surface area contributed by atoms with E-state index in [9.17, 15) is 5.11 Å². The first kappa shape index (κ1) is 14.9. The second-order valence-corrected chi connectivity index (χ2v) is 5.58. The first-order valence-electron chi connectivity index (χ1n) is 6.86. The molecule has 1 aliphatic rings. The quantitative estimate of drug-likeness (QED) is 0.707. The molecule has 4 heteroatoms. The molecular formula is C13H29N3O. The average Bonchev–Trinajstić information content (AvgIpc) is 2.52. The van der Waals surface area contributed by atoms with Gasteiger partial charge in [-0.05, 0) is 46.4 Å². The van der Waals surface area contributed by atoms with Crippen LogP contribution in [0.5, 0.6) is 0 Å². The van der Waals surface area contributed by atoms with Gasteiger partial charge in [0.25, 0.3) is 0 Å². The lowest BCUT2D eigenvalue weighted by atomic mass is 10.0. The van der Waals surface area contributed by atoms with Crippen molar-refractivity contribution in [2.75, 3.05) is 52.9 Å². The van der Waals surface area contributed by atoms with E-state index in [1.54, 1.807) is 0 Å². The Morgan fingerprint density at radius 1 is 1.24 bits per heavy atom. The number of aliphatic hydroxyl groups excluding tert-OH is 1. The van der Waals surface area contributed by atoms with Gasteiger partial charge in [-0.25, -0.2) is 0 Å². The Hall–Kier alpha value is -0.160. The Bertz CT molecular complexity index is 213. The van der Waals surface area contributed by atoms with E-state index in [1.807, 2.05) is 0 Å². The van der Waals surface area contributed by atoms with Crippen LogP contribution in [0.3, 0.4) is 0 Å². The zero-order valence-electron chi connectivity index (χ0n) is 11.7. The van der Waals surface area contributed by atoms with Crippen molar-refractivity contribution in [3.8, 4) is 0 Å². The minimum absolute atomic E-state index is 0.154. The van der Waals surface area contributed by atoms with Crippen LogP contribution in [-0.2, 0) is 0 Å². The highest BCUT2D eigenvalue weighted by Gasteiger charge is 2.26. The standard InChI is InChI=1S/C13H29N3O/c1-4-6-14-13(2,12-17)11-16-8-5-7-15(3)9-10-16/h14,17H,4-12H2,1-3H3. The number of rotatable bonds is 6. The Morgan fingerprint density at radius 2 is 2.00 bits per heavy atom. The van der Waals surface area contributed by atoms with E-state index in [0.717, 1.165) is 39.1 Å². The molecular weight excluding hydrogens is 214 g/mol. The molecule has 1 atom stereocenters. The van der Waals surface area contributed by atoms with Crippen LogP contribution in [0, 0.1) is 0 Å². The molecule has 1 unspecified atom stereocenters. The number of aliphatic hydroxyl groups is 1. The summed E-state index contributed by atoms with van der Waals surface area (Å²) in [5.74, 6) is 0. The third-order valence-corrected chi connectivity index (χ3v) is 3.54. The zero-order chi connectivity index (χ0) is 12.7. The van der Waals surface area contributed by atoms with Gasteiger partial charge < -0.3 is 20.2 Å². The number of hydrogen-bond donors (Lipinski definition) is 2. The molecule has 0 aliphatic carbocycles. The van der Waals surface area contributed by atoms with Crippen LogP contribution in [0.4, 0.5) is 0 Å². The van der Waals surface area contributed by atoms with Crippen molar-refractivity contribution in [1.82, 2.24) is 15.1 Å². The zero-order valence-corrected chi connectivity index (χ0v) is 11.7. The molecule has 4 nitrogen and oxygen atoms in total. The van der Waals surface area contributed by atoms with Crippen LogP contribution in [0.25, 0.3) is 0 Å². The fourth-order valence-electron chi connectivity index (χ4n) is 2.34. The van der Waals surface area contributed by atoms with Gasteiger partial charge in [-0.15, -0.1) is 0 Å². The molecule has 0 aromatic carbocycles. The molecule has 1 saturated heterocycles. The highest BCUT2D eigenvalue weighted by Crippen LogP contribution is 2.09. The van der Waals surface area contributed by atoms with E-state index < -0.39 is 0 Å². The van der Waals surface area contributed by atoms with Crippen molar-refractivity contribution in [3.63, 3.8) is 0 Å². The SMILES string of the molecule is CCCNC(C)(CO)CN1CCCN(C)CC1. The van der Waals surface area contributed by atoms with Crippen LogP contribution in [0.2, 0.25) is 0 Å². The van der Waals surface area contributed by atoms with E-state index in [0.29, 0.717) is 0 Å². The lowest BCUT2D eigenvalue weighted by Crippen LogP contribution is -2.54. The molecule has 0 spiro atoms. The molecule has 102 valence electrons. The highest BCUT2D eigenvalue weighted by molar-refractivity contribution is 4.86. The second-order valence-electron chi connectivity index (χ2n) is 5.58. The largest absolute Gasteiger partial charge is 0.394 e. The van der Waals surface area contributed by atoms with Crippen molar-refractivity contribution in [1.29, 1.82) is 0 Å². The fraction of sp³-hybridized carbons (Fsp3) is 1.00. The summed E-state index contributed by atoms with van der Waals surface area (Å²) in [6, 6.07) is 0. The van der Waals surface area contributed by atoms with Gasteiger partial charge in [0.2, 0.25) is 0 Å². The Kier molecular flexibility index (Phi) is 6.41. The van der Waals surface area contributed by atoms with Crippen molar-refractivity contribution in [3.05, 3.63) is 0 Å². The van der Waals surface area contributed by atoms with Crippen LogP contribution >= 0.6 is 0 Å². The molecule has 17 heavy (non-hydrogen) atoms. The molecule has 0 aromatic rings. The molecule has 1 fully saturated rings. The van der Waals surface area contributed by atoms with Gasteiger partial charge >= 0.3 is 0 Å². The summed E-state index contributed by atoms with van der Waals surface area (Å²) in [5.41, 5.74) is -0.154. The summed E-state index contributed by atoms with van der Waals surface area (Å²) in [7, 11) is 2.18. The predicted molar refractivity (Wildman–Crippen MR) is 72.3 cm³/mol. The number of likely N-dealkylation sites (N-methyl/N-ethyl adjacent to an activating group) is 1. The number of nitrogens with zero attached hydrogens (tertiary/aromatic N) is 2. The maximum Gasteiger partial charge on any atom is 0.0623 e. The Balaban J connectivity index is 2.43. The molecule has 0 bridgehead atoms. The fourth-order valence-corrected chi connectivity index (χ4v) is 2.34. The summed E-state index contributed by atoms with van der Waals surface area (Å²) in [5, 5.41) is 13.0. The summed E-state index contributed by atoms with van der Waals surface area (Å²) >= 11 is 0. The van der Waals surface area contributed by atoms with Crippen LogP contribution in [-0.4, -0.2) is 73.4 Å². The molecule has 0 aromatic heterocycles. The Morgan fingerprint density at radius 3 is 2.65 bits per heavy atom. The molecule has 0 saturated carbocycles. The minimum Gasteiger partial charge on any atom is -0.394 e. The van der Waals surface area contributed by atoms with Gasteiger partial charge in [-0.2, -0.15) is 0 Å². The first-order chi connectivity index (χ1) is 8.09. The lowest BCUT2D eigenvalue weighted by Gasteiger charge is -2.34.